The van der Waals surface area contributed by atoms with Crippen molar-refractivity contribution in [2.75, 3.05) is 6.66 Å². The Morgan fingerprint density at radius 1 is 1.50 bits per heavy atom. The van der Waals surface area contributed by atoms with Crippen LogP contribution >= 0.6 is 27.6 Å². The van der Waals surface area contributed by atoms with E-state index in [9.17, 15) is 0 Å². The average molecular weight is 216 g/mol. The summed E-state index contributed by atoms with van der Waals surface area (Å²) in [5, 5.41) is 0. The first-order valence-electron chi connectivity index (χ1n) is 2.03. The fourth-order valence-electron chi connectivity index (χ4n) is 0. The van der Waals surface area contributed by atoms with Crippen LogP contribution in [0.4, 0.5) is 0 Å². The van der Waals surface area contributed by atoms with Gasteiger partial charge in [-0.25, -0.2) is 0 Å². The van der Waals surface area contributed by atoms with Gasteiger partial charge in [0.2, 0.25) is 0 Å². The molecule has 0 saturated carbocycles. The first kappa shape index (κ1) is 7.16. The summed E-state index contributed by atoms with van der Waals surface area (Å²) in [4.78, 5) is 0. The van der Waals surface area contributed by atoms with Crippen LogP contribution in [-0.4, -0.2) is 12.3 Å². The van der Waals surface area contributed by atoms with Crippen LogP contribution in [0.2, 0.25) is 0 Å². The van der Waals surface area contributed by atoms with Crippen LogP contribution < -0.4 is 0 Å². The average Bonchev–Trinajstić information content (AvgIpc) is 1.36. The summed E-state index contributed by atoms with van der Waals surface area (Å²) in [6.07, 6.45) is 0. The molecule has 0 fully saturated rings. The van der Waals surface area contributed by atoms with Crippen LogP contribution in [0.1, 0.15) is 13.8 Å². The number of hydrogen-bond donors (Lipinski definition) is 0. The third-order valence-electron chi connectivity index (χ3n) is 0.712. The summed E-state index contributed by atoms with van der Waals surface area (Å²) in [5.41, 5.74) is 1.21. The molecular weight excluding hydrogens is 206 g/mol. The Hall–Kier alpha value is 1.16. The molecule has 38 valence electrons. The van der Waals surface area contributed by atoms with E-state index in [1.54, 1.807) is 0 Å². The van der Waals surface area contributed by atoms with Crippen LogP contribution in [0, 0.1) is 0 Å². The maximum absolute atomic E-state index is 2.50. The van der Waals surface area contributed by atoms with Gasteiger partial charge in [0.1, 0.15) is 0 Å². The zero-order valence-corrected chi connectivity index (χ0v) is 7.45. The summed E-state index contributed by atoms with van der Waals surface area (Å²) in [6.45, 7) is 6.82. The topological polar surface area (TPSA) is 0 Å². The van der Waals surface area contributed by atoms with Gasteiger partial charge in [0.25, 0.3) is 0 Å². The molecule has 0 radical (unpaired) electrons. The van der Waals surface area contributed by atoms with Gasteiger partial charge >= 0.3 is 0 Å². The molecule has 0 saturated heterocycles. The Balaban J connectivity index is 2.99. The Kier molecular flexibility index (Phi) is 3.82. The quantitative estimate of drug-likeness (QED) is 0.467. The lowest BCUT2D eigenvalue weighted by Crippen LogP contribution is -1.82. The molecule has 1 unspecified atom stereocenters. The third kappa shape index (κ3) is 3.35. The molecule has 0 bridgehead atoms. The SMILES string of the molecule is CC(C)P(C)I. The number of halogens is 1. The van der Waals surface area contributed by atoms with Crippen molar-refractivity contribution in [1.29, 1.82) is 0 Å². The zero-order chi connectivity index (χ0) is 5.15. The summed E-state index contributed by atoms with van der Waals surface area (Å²) in [6, 6.07) is 0. The van der Waals surface area contributed by atoms with Gasteiger partial charge in [0.05, 0.1) is 0 Å². The minimum atomic E-state index is 0.311. The monoisotopic (exact) mass is 216 g/mol. The third-order valence-corrected chi connectivity index (χ3v) is 5.48. The van der Waals surface area contributed by atoms with Crippen LogP contribution in [0.3, 0.4) is 0 Å². The van der Waals surface area contributed by atoms with Crippen LogP contribution in [-0.2, 0) is 0 Å². The summed E-state index contributed by atoms with van der Waals surface area (Å²) >= 11 is 2.50. The van der Waals surface area contributed by atoms with Crippen molar-refractivity contribution in [2.24, 2.45) is 0 Å². The molecule has 0 nitrogen and oxygen atoms in total. The Morgan fingerprint density at radius 2 is 1.67 bits per heavy atom. The number of rotatable bonds is 1. The van der Waals surface area contributed by atoms with E-state index in [1.807, 2.05) is 0 Å². The van der Waals surface area contributed by atoms with Crippen molar-refractivity contribution in [3.63, 3.8) is 0 Å². The second-order valence-corrected chi connectivity index (χ2v) is 8.27. The summed E-state index contributed by atoms with van der Waals surface area (Å²) in [5.74, 6) is 0. The second-order valence-electron chi connectivity index (χ2n) is 1.62. The summed E-state index contributed by atoms with van der Waals surface area (Å²) in [7, 11) is 0. The van der Waals surface area contributed by atoms with Gasteiger partial charge in [0, 0.05) is 0 Å². The van der Waals surface area contributed by atoms with E-state index >= 15 is 0 Å². The highest BCUT2D eigenvalue weighted by atomic mass is 127. The first-order valence-corrected chi connectivity index (χ1v) is 6.67. The van der Waals surface area contributed by atoms with Crippen LogP contribution in [0.15, 0.2) is 0 Å². The molecule has 2 heteroatoms. The van der Waals surface area contributed by atoms with E-state index in [1.165, 1.54) is 0 Å². The van der Waals surface area contributed by atoms with Crippen molar-refractivity contribution in [3.8, 4) is 0 Å². The van der Waals surface area contributed by atoms with Crippen LogP contribution in [0.5, 0.6) is 0 Å². The lowest BCUT2D eigenvalue weighted by atomic mass is 10.6. The number of hydrogen-bond acceptors (Lipinski definition) is 0. The minimum absolute atomic E-state index is 0.311. The van der Waals surface area contributed by atoms with Crippen molar-refractivity contribution < 1.29 is 0 Å². The van der Waals surface area contributed by atoms with Gasteiger partial charge in [-0.2, -0.15) is 0 Å². The molecule has 0 aromatic rings. The molecule has 0 heterocycles. The normalized spacial score (nSPS) is 15.5. The molecule has 0 aliphatic heterocycles. The highest BCUT2D eigenvalue weighted by Gasteiger charge is 1.97. The summed E-state index contributed by atoms with van der Waals surface area (Å²) < 4.78 is 0. The zero-order valence-electron chi connectivity index (χ0n) is 4.40. The van der Waals surface area contributed by atoms with Crippen molar-refractivity contribution >= 4 is 27.6 Å². The van der Waals surface area contributed by atoms with E-state index in [-0.39, 0.29) is 0 Å². The smallest absolute Gasteiger partial charge is 0.0178 e. The van der Waals surface area contributed by atoms with Gasteiger partial charge < -0.3 is 0 Å². The van der Waals surface area contributed by atoms with Crippen molar-refractivity contribution in [1.82, 2.24) is 0 Å². The molecule has 0 aliphatic rings. The molecule has 0 aliphatic carbocycles. The van der Waals surface area contributed by atoms with Crippen LogP contribution in [0.25, 0.3) is 0 Å². The largest absolute Gasteiger partial charge is 0.0581 e. The van der Waals surface area contributed by atoms with Gasteiger partial charge in [-0.3, -0.25) is 0 Å². The molecule has 0 aromatic heterocycles. The molecule has 0 amide bonds. The first-order chi connectivity index (χ1) is 2.64. The Bertz CT molecular complexity index is 28.5. The lowest BCUT2D eigenvalue weighted by Gasteiger charge is -2.04. The van der Waals surface area contributed by atoms with Gasteiger partial charge in [-0.1, -0.05) is 35.9 Å². The van der Waals surface area contributed by atoms with Gasteiger partial charge in [-0.15, -0.1) is 0 Å². The highest BCUT2D eigenvalue weighted by Crippen LogP contribution is 2.45. The fraction of sp³-hybridized carbons (Fsp3) is 1.00. The molecule has 6 heavy (non-hydrogen) atoms. The fourth-order valence-corrected chi connectivity index (χ4v) is 0. The predicted octanol–water partition coefficient (Wildman–Crippen LogP) is 2.86. The molecular formula is C4H10IP. The molecule has 0 rings (SSSR count). The van der Waals surface area contributed by atoms with E-state index in [4.69, 9.17) is 0 Å². The highest BCUT2D eigenvalue weighted by molar-refractivity contribution is 14.2. The maximum atomic E-state index is 2.50. The maximum Gasteiger partial charge on any atom is -0.0178 e. The molecule has 0 N–H and O–H groups in total. The minimum Gasteiger partial charge on any atom is -0.0581 e. The molecule has 0 spiro atoms. The lowest BCUT2D eigenvalue weighted by molar-refractivity contribution is 1.11. The Morgan fingerprint density at radius 3 is 1.67 bits per heavy atom. The van der Waals surface area contributed by atoms with E-state index < -0.39 is 0 Å². The van der Waals surface area contributed by atoms with E-state index in [0.29, 0.717) is 5.56 Å². The molecule has 1 atom stereocenters. The predicted molar refractivity (Wildman–Crippen MR) is 42.0 cm³/mol. The Labute approximate surface area is 53.9 Å². The van der Waals surface area contributed by atoms with E-state index in [0.717, 1.165) is 5.66 Å². The second kappa shape index (κ2) is 3.20. The van der Waals surface area contributed by atoms with Gasteiger partial charge in [-0.05, 0) is 17.9 Å². The van der Waals surface area contributed by atoms with Crippen molar-refractivity contribution in [3.05, 3.63) is 0 Å². The van der Waals surface area contributed by atoms with E-state index in [2.05, 4.69) is 42.6 Å². The van der Waals surface area contributed by atoms with Gasteiger partial charge in [0.15, 0.2) is 0 Å². The molecule has 0 aromatic carbocycles. The van der Waals surface area contributed by atoms with Crippen molar-refractivity contribution in [2.45, 2.75) is 19.5 Å². The standard InChI is InChI=1S/C4H10IP/c1-4(2)6(3)5/h4H,1-3H3.